The van der Waals surface area contributed by atoms with Crippen molar-refractivity contribution in [1.29, 1.82) is 0 Å². The van der Waals surface area contributed by atoms with Gasteiger partial charge in [-0.2, -0.15) is 0 Å². The van der Waals surface area contributed by atoms with E-state index in [-0.39, 0.29) is 5.78 Å². The van der Waals surface area contributed by atoms with Gasteiger partial charge in [0.05, 0.1) is 7.11 Å². The lowest BCUT2D eigenvalue weighted by molar-refractivity contribution is 0.105. The molecule has 3 nitrogen and oxygen atoms in total. The van der Waals surface area contributed by atoms with Gasteiger partial charge >= 0.3 is 0 Å². The van der Waals surface area contributed by atoms with Crippen molar-refractivity contribution in [3.63, 3.8) is 0 Å². The number of para-hydroxylation sites is 1. The Labute approximate surface area is 112 Å². The first-order valence-corrected chi connectivity index (χ1v) is 5.75. The Morgan fingerprint density at radius 3 is 2.42 bits per heavy atom. The quantitative estimate of drug-likeness (QED) is 0.507. The Bertz CT molecular complexity index is 648. The van der Waals surface area contributed by atoms with E-state index in [1.54, 1.807) is 43.5 Å². The minimum Gasteiger partial charge on any atom is -0.497 e. The van der Waals surface area contributed by atoms with Crippen LogP contribution in [0.1, 0.15) is 15.9 Å². The average molecular weight is 251 g/mol. The highest BCUT2D eigenvalue weighted by Crippen LogP contribution is 2.12. The number of carbonyl (C=O) groups is 1. The second-order valence-electron chi connectivity index (χ2n) is 3.89. The molecule has 0 bridgehead atoms. The molecule has 0 saturated carbocycles. The van der Waals surface area contributed by atoms with E-state index >= 15 is 0 Å². The lowest BCUT2D eigenvalue weighted by atomic mass is 10.1. The summed E-state index contributed by atoms with van der Waals surface area (Å²) in [7, 11) is 1.58. The Hall–Kier alpha value is -2.73. The van der Waals surface area contributed by atoms with Gasteiger partial charge in [-0.1, -0.05) is 18.1 Å². The molecule has 0 spiro atoms. The molecular formula is C16H13NO2. The first-order chi connectivity index (χ1) is 9.20. The third-order valence-electron chi connectivity index (χ3n) is 2.62. The van der Waals surface area contributed by atoms with Gasteiger partial charge in [-0.05, 0) is 42.3 Å². The van der Waals surface area contributed by atoms with E-state index in [1.165, 1.54) is 0 Å². The smallest absolute Gasteiger partial charge is 0.236 e. The van der Waals surface area contributed by atoms with Crippen LogP contribution in [-0.4, -0.2) is 12.9 Å². The van der Waals surface area contributed by atoms with Gasteiger partial charge < -0.3 is 10.5 Å². The summed E-state index contributed by atoms with van der Waals surface area (Å²) in [6.07, 6.45) is 0. The van der Waals surface area contributed by atoms with Crippen molar-refractivity contribution < 1.29 is 9.53 Å². The fourth-order valence-electron chi connectivity index (χ4n) is 1.55. The summed E-state index contributed by atoms with van der Waals surface area (Å²) < 4.78 is 5.03. The van der Waals surface area contributed by atoms with Crippen molar-refractivity contribution in [3.05, 3.63) is 59.7 Å². The number of benzene rings is 2. The van der Waals surface area contributed by atoms with Crippen LogP contribution in [0, 0.1) is 11.8 Å². The maximum absolute atomic E-state index is 11.9. The lowest BCUT2D eigenvalue weighted by Gasteiger charge is -1.99. The van der Waals surface area contributed by atoms with Gasteiger partial charge in [-0.3, -0.25) is 4.79 Å². The number of hydrogen-bond donors (Lipinski definition) is 1. The fraction of sp³-hybridized carbons (Fsp3) is 0.0625. The summed E-state index contributed by atoms with van der Waals surface area (Å²) in [5, 5.41) is 0. The Kier molecular flexibility index (Phi) is 3.84. The van der Waals surface area contributed by atoms with E-state index in [4.69, 9.17) is 10.5 Å². The van der Waals surface area contributed by atoms with Crippen molar-refractivity contribution in [3.8, 4) is 17.6 Å². The van der Waals surface area contributed by atoms with Gasteiger partial charge in [0.1, 0.15) is 5.75 Å². The molecule has 0 aliphatic carbocycles. The molecule has 0 aliphatic heterocycles. The van der Waals surface area contributed by atoms with Crippen molar-refractivity contribution >= 4 is 11.5 Å². The number of methoxy groups -OCH3 is 1. The van der Waals surface area contributed by atoms with Crippen LogP contribution in [0.25, 0.3) is 0 Å². The molecule has 19 heavy (non-hydrogen) atoms. The molecule has 94 valence electrons. The second-order valence-corrected chi connectivity index (χ2v) is 3.89. The lowest BCUT2D eigenvalue weighted by Crippen LogP contribution is -1.95. The van der Waals surface area contributed by atoms with Crippen LogP contribution in [-0.2, 0) is 0 Å². The van der Waals surface area contributed by atoms with Gasteiger partial charge in [0.2, 0.25) is 5.78 Å². The summed E-state index contributed by atoms with van der Waals surface area (Å²) in [5.74, 6) is 5.83. The number of nitrogen functional groups attached to an aromatic ring is 1. The van der Waals surface area contributed by atoms with E-state index in [2.05, 4.69) is 11.8 Å². The van der Waals surface area contributed by atoms with Crippen LogP contribution in [0.5, 0.6) is 5.75 Å². The SMILES string of the molecule is COc1ccc(C(=O)C#Cc2ccccc2N)cc1. The van der Waals surface area contributed by atoms with Crippen molar-refractivity contribution in [2.45, 2.75) is 0 Å². The highest BCUT2D eigenvalue weighted by Gasteiger charge is 2.02. The van der Waals surface area contributed by atoms with E-state index in [0.29, 0.717) is 22.6 Å². The monoisotopic (exact) mass is 251 g/mol. The second kappa shape index (κ2) is 5.74. The molecule has 2 aromatic carbocycles. The maximum Gasteiger partial charge on any atom is 0.236 e. The Balaban J connectivity index is 2.20. The summed E-state index contributed by atoms with van der Waals surface area (Å²) in [5.41, 5.74) is 7.51. The molecule has 0 saturated heterocycles. The summed E-state index contributed by atoms with van der Waals surface area (Å²) in [4.78, 5) is 11.9. The largest absolute Gasteiger partial charge is 0.497 e. The standard InChI is InChI=1S/C16H13NO2/c1-19-14-9-6-13(7-10-14)16(18)11-8-12-4-2-3-5-15(12)17/h2-7,9-10H,17H2,1H3. The zero-order valence-corrected chi connectivity index (χ0v) is 10.5. The Morgan fingerprint density at radius 1 is 1.11 bits per heavy atom. The maximum atomic E-state index is 11.9. The van der Waals surface area contributed by atoms with Crippen LogP contribution in [0.4, 0.5) is 5.69 Å². The fourth-order valence-corrected chi connectivity index (χ4v) is 1.55. The van der Waals surface area contributed by atoms with Crippen molar-refractivity contribution in [2.24, 2.45) is 0 Å². The third kappa shape index (κ3) is 3.14. The van der Waals surface area contributed by atoms with E-state index in [1.807, 2.05) is 12.1 Å². The van der Waals surface area contributed by atoms with Crippen LogP contribution in [0.2, 0.25) is 0 Å². The highest BCUT2D eigenvalue weighted by atomic mass is 16.5. The zero-order chi connectivity index (χ0) is 13.7. The summed E-state index contributed by atoms with van der Waals surface area (Å²) in [6, 6.07) is 14.0. The normalized spacial score (nSPS) is 9.32. The third-order valence-corrected chi connectivity index (χ3v) is 2.62. The number of ether oxygens (including phenoxy) is 1. The predicted octanol–water partition coefficient (Wildman–Crippen LogP) is 2.51. The van der Waals surface area contributed by atoms with E-state index < -0.39 is 0 Å². The number of hydrogen-bond acceptors (Lipinski definition) is 3. The summed E-state index contributed by atoms with van der Waals surface area (Å²) >= 11 is 0. The zero-order valence-electron chi connectivity index (χ0n) is 10.5. The molecule has 0 amide bonds. The molecule has 0 aliphatic rings. The Morgan fingerprint density at radius 2 is 1.79 bits per heavy atom. The number of carbonyl (C=O) groups excluding carboxylic acids is 1. The topological polar surface area (TPSA) is 52.3 Å². The molecule has 2 rings (SSSR count). The van der Waals surface area contributed by atoms with Crippen molar-refractivity contribution in [2.75, 3.05) is 12.8 Å². The molecule has 3 heteroatoms. The minimum absolute atomic E-state index is 0.245. The molecule has 0 fully saturated rings. The molecule has 0 radical (unpaired) electrons. The molecule has 0 unspecified atom stereocenters. The van der Waals surface area contributed by atoms with E-state index in [0.717, 1.165) is 0 Å². The first kappa shape index (κ1) is 12.7. The number of Topliss-reactive ketones (excluding diaryl/α,β-unsaturated/α-hetero) is 1. The van der Waals surface area contributed by atoms with Crippen LogP contribution < -0.4 is 10.5 Å². The highest BCUT2D eigenvalue weighted by molar-refractivity contribution is 6.09. The number of nitrogens with two attached hydrogens (primary N) is 1. The molecular weight excluding hydrogens is 238 g/mol. The number of ketones is 1. The minimum atomic E-state index is -0.245. The van der Waals surface area contributed by atoms with Gasteiger partial charge in [-0.25, -0.2) is 0 Å². The molecule has 0 atom stereocenters. The molecule has 0 heterocycles. The van der Waals surface area contributed by atoms with Crippen LogP contribution >= 0.6 is 0 Å². The van der Waals surface area contributed by atoms with Crippen LogP contribution in [0.3, 0.4) is 0 Å². The number of rotatable bonds is 2. The molecule has 0 aromatic heterocycles. The predicted molar refractivity (Wildman–Crippen MR) is 75.1 cm³/mol. The van der Waals surface area contributed by atoms with Gasteiger partial charge in [0.25, 0.3) is 0 Å². The van der Waals surface area contributed by atoms with Gasteiger partial charge in [-0.15, -0.1) is 0 Å². The molecule has 2 aromatic rings. The first-order valence-electron chi connectivity index (χ1n) is 5.75. The molecule has 2 N–H and O–H groups in total. The van der Waals surface area contributed by atoms with E-state index in [9.17, 15) is 4.79 Å². The van der Waals surface area contributed by atoms with Crippen LogP contribution in [0.15, 0.2) is 48.5 Å². The van der Waals surface area contributed by atoms with Gasteiger partial charge in [0, 0.05) is 16.8 Å². The van der Waals surface area contributed by atoms with Gasteiger partial charge in [0.15, 0.2) is 0 Å². The number of anilines is 1. The average Bonchev–Trinajstić information content (AvgIpc) is 2.46. The van der Waals surface area contributed by atoms with Crippen molar-refractivity contribution in [1.82, 2.24) is 0 Å². The summed E-state index contributed by atoms with van der Waals surface area (Å²) in [6.45, 7) is 0.